The molecule has 0 saturated heterocycles. The van der Waals surface area contributed by atoms with Gasteiger partial charge in [0.15, 0.2) is 5.75 Å². The number of fused-ring (bicyclic) bond motifs is 1. The van der Waals surface area contributed by atoms with Crippen LogP contribution in [-0.4, -0.2) is 11.5 Å². The smallest absolute Gasteiger partial charge is 0.155 e. The van der Waals surface area contributed by atoms with Crippen molar-refractivity contribution in [3.63, 3.8) is 0 Å². The molecule has 5 heteroatoms. The lowest BCUT2D eigenvalue weighted by Gasteiger charge is -2.21. The van der Waals surface area contributed by atoms with E-state index in [0.29, 0.717) is 0 Å². The molecule has 1 aliphatic carbocycles. The normalized spacial score (nSPS) is 15.1. The quantitative estimate of drug-likeness (QED) is 0.355. The Kier molecular flexibility index (Phi) is 6.32. The molecule has 4 rings (SSSR count). The van der Waals surface area contributed by atoms with Crippen molar-refractivity contribution in [2.45, 2.75) is 45.4 Å². The molecule has 0 atom stereocenters. The van der Waals surface area contributed by atoms with E-state index in [1.165, 1.54) is 48.6 Å². The van der Waals surface area contributed by atoms with Gasteiger partial charge in [-0.3, -0.25) is 0 Å². The molecule has 2 N–H and O–H groups in total. The Balaban J connectivity index is 1.58. The van der Waals surface area contributed by atoms with Crippen LogP contribution in [-0.2, 0) is 6.42 Å². The first kappa shape index (κ1) is 19.8. The van der Waals surface area contributed by atoms with Crippen LogP contribution in [0.4, 0.5) is 5.69 Å². The number of H-pyrrole nitrogens is 1. The molecule has 1 aliphatic rings. The molecule has 148 valence electrons. The van der Waals surface area contributed by atoms with Crippen molar-refractivity contribution < 1.29 is 4.74 Å². The zero-order chi connectivity index (χ0) is 19.5. The Hall–Kier alpha value is -1.46. The van der Waals surface area contributed by atoms with E-state index in [9.17, 15) is 0 Å². The van der Waals surface area contributed by atoms with Crippen LogP contribution in [0.1, 0.15) is 44.6 Å². The van der Waals surface area contributed by atoms with E-state index in [0.717, 1.165) is 45.0 Å². The lowest BCUT2D eigenvalue weighted by atomic mass is 9.85. The molecule has 3 aromatic rings. The molecule has 1 aromatic heterocycles. The fourth-order valence-electron chi connectivity index (χ4n) is 4.17. The average molecular weight is 506 g/mol. The molecule has 0 spiro atoms. The summed E-state index contributed by atoms with van der Waals surface area (Å²) >= 11 is 7.29. The van der Waals surface area contributed by atoms with Crippen molar-refractivity contribution in [3.05, 3.63) is 51.0 Å². The zero-order valence-corrected chi connectivity index (χ0v) is 19.3. The van der Waals surface area contributed by atoms with Gasteiger partial charge in [-0.05, 0) is 87.0 Å². The van der Waals surface area contributed by atoms with Gasteiger partial charge in [0.05, 0.1) is 8.95 Å². The van der Waals surface area contributed by atoms with Gasteiger partial charge in [0, 0.05) is 29.3 Å². The number of aromatic amines is 1. The van der Waals surface area contributed by atoms with E-state index in [-0.39, 0.29) is 0 Å². The minimum Gasteiger partial charge on any atom is -0.455 e. The average Bonchev–Trinajstić information content (AvgIpc) is 3.08. The van der Waals surface area contributed by atoms with E-state index in [4.69, 9.17) is 4.74 Å². The predicted molar refractivity (Wildman–Crippen MR) is 125 cm³/mol. The first-order valence-electron chi connectivity index (χ1n) is 10.1. The monoisotopic (exact) mass is 504 g/mol. The highest BCUT2D eigenvalue weighted by molar-refractivity contribution is 9.11. The van der Waals surface area contributed by atoms with Crippen LogP contribution in [0.2, 0.25) is 0 Å². The molecule has 1 heterocycles. The summed E-state index contributed by atoms with van der Waals surface area (Å²) < 4.78 is 8.11. The first-order valence-corrected chi connectivity index (χ1v) is 11.7. The maximum absolute atomic E-state index is 6.26. The van der Waals surface area contributed by atoms with Crippen LogP contribution in [0, 0.1) is 5.92 Å². The van der Waals surface area contributed by atoms with Crippen molar-refractivity contribution in [1.29, 1.82) is 0 Å². The number of halogens is 2. The van der Waals surface area contributed by atoms with Gasteiger partial charge in [-0.1, -0.05) is 32.1 Å². The van der Waals surface area contributed by atoms with Crippen LogP contribution in [0.3, 0.4) is 0 Å². The third-order valence-corrected chi connectivity index (χ3v) is 6.75. The van der Waals surface area contributed by atoms with Gasteiger partial charge in [-0.25, -0.2) is 0 Å². The molecule has 1 fully saturated rings. The molecule has 0 unspecified atom stereocenters. The van der Waals surface area contributed by atoms with Crippen molar-refractivity contribution >= 4 is 48.5 Å². The summed E-state index contributed by atoms with van der Waals surface area (Å²) in [6.07, 6.45) is 10.2. The van der Waals surface area contributed by atoms with Gasteiger partial charge in [0.25, 0.3) is 0 Å². The van der Waals surface area contributed by atoms with Crippen molar-refractivity contribution in [2.24, 2.45) is 5.92 Å². The third-order valence-electron chi connectivity index (χ3n) is 5.57. The second kappa shape index (κ2) is 8.91. The maximum Gasteiger partial charge on any atom is 0.155 e. The zero-order valence-electron chi connectivity index (χ0n) is 16.2. The lowest BCUT2D eigenvalue weighted by Crippen LogP contribution is -2.08. The van der Waals surface area contributed by atoms with E-state index in [1.54, 1.807) is 0 Å². The van der Waals surface area contributed by atoms with Gasteiger partial charge in [0.2, 0.25) is 0 Å². The molecule has 3 nitrogen and oxygen atoms in total. The number of ether oxygens (including phenoxy) is 1. The summed E-state index contributed by atoms with van der Waals surface area (Å²) in [7, 11) is 0. The highest BCUT2D eigenvalue weighted by Gasteiger charge is 2.17. The summed E-state index contributed by atoms with van der Waals surface area (Å²) in [5.41, 5.74) is 3.65. The number of hydrogen-bond acceptors (Lipinski definition) is 2. The van der Waals surface area contributed by atoms with Crippen molar-refractivity contribution in [2.75, 3.05) is 11.9 Å². The maximum atomic E-state index is 6.26. The van der Waals surface area contributed by atoms with E-state index in [2.05, 4.69) is 67.4 Å². The Labute approximate surface area is 183 Å². The number of nitrogens with one attached hydrogen (secondary N) is 2. The summed E-state index contributed by atoms with van der Waals surface area (Å²) in [5, 5.41) is 4.60. The molecular weight excluding hydrogens is 480 g/mol. The van der Waals surface area contributed by atoms with Gasteiger partial charge >= 0.3 is 0 Å². The van der Waals surface area contributed by atoms with Crippen molar-refractivity contribution in [3.8, 4) is 11.5 Å². The van der Waals surface area contributed by atoms with Gasteiger partial charge in [0.1, 0.15) is 5.75 Å². The Bertz CT molecular complexity index is 937. The standard InChI is InChI=1S/C23H26Br2N2O/c1-2-26-17-11-20(24)23(21(25)12-17)28-18-8-9-22-19(13-18)16(14-27-22)10-15-6-4-3-5-7-15/h8-9,11-15,26-27H,2-7,10H2,1H3. The minimum absolute atomic E-state index is 0.797. The van der Waals surface area contributed by atoms with Gasteiger partial charge in [-0.15, -0.1) is 0 Å². The largest absolute Gasteiger partial charge is 0.455 e. The number of benzene rings is 2. The summed E-state index contributed by atoms with van der Waals surface area (Å²) in [6.45, 7) is 2.97. The van der Waals surface area contributed by atoms with Crippen molar-refractivity contribution in [1.82, 2.24) is 4.98 Å². The van der Waals surface area contributed by atoms with Crippen LogP contribution in [0.25, 0.3) is 10.9 Å². The van der Waals surface area contributed by atoms with E-state index in [1.807, 2.05) is 18.2 Å². The molecular formula is C23H26Br2N2O. The fourth-order valence-corrected chi connectivity index (χ4v) is 5.52. The topological polar surface area (TPSA) is 37.0 Å². The molecule has 1 saturated carbocycles. The van der Waals surface area contributed by atoms with Crippen LogP contribution >= 0.6 is 31.9 Å². The highest BCUT2D eigenvalue weighted by Crippen LogP contribution is 2.40. The lowest BCUT2D eigenvalue weighted by molar-refractivity contribution is 0.357. The Morgan fingerprint density at radius 2 is 1.82 bits per heavy atom. The molecule has 0 bridgehead atoms. The Morgan fingerprint density at radius 1 is 1.07 bits per heavy atom. The van der Waals surface area contributed by atoms with Gasteiger partial charge < -0.3 is 15.0 Å². The first-order chi connectivity index (χ1) is 13.6. The Morgan fingerprint density at radius 3 is 2.54 bits per heavy atom. The third kappa shape index (κ3) is 4.41. The van der Waals surface area contributed by atoms with E-state index >= 15 is 0 Å². The number of anilines is 1. The SMILES string of the molecule is CCNc1cc(Br)c(Oc2ccc3[nH]cc(CC4CCCCC4)c3c2)c(Br)c1. The van der Waals surface area contributed by atoms with Crippen LogP contribution < -0.4 is 10.1 Å². The molecule has 0 aliphatic heterocycles. The second-order valence-corrected chi connectivity index (χ2v) is 9.34. The second-order valence-electron chi connectivity index (χ2n) is 7.63. The highest BCUT2D eigenvalue weighted by atomic mass is 79.9. The number of aromatic nitrogens is 1. The number of rotatable bonds is 6. The summed E-state index contributed by atoms with van der Waals surface area (Å²) in [5.74, 6) is 2.47. The molecule has 0 amide bonds. The number of hydrogen-bond donors (Lipinski definition) is 2. The molecule has 2 aromatic carbocycles. The van der Waals surface area contributed by atoms with E-state index < -0.39 is 0 Å². The van der Waals surface area contributed by atoms with Gasteiger partial charge in [-0.2, -0.15) is 0 Å². The minimum atomic E-state index is 0.797. The van der Waals surface area contributed by atoms with Crippen LogP contribution in [0.5, 0.6) is 11.5 Å². The summed E-state index contributed by atoms with van der Waals surface area (Å²) in [6, 6.07) is 10.4. The molecule has 28 heavy (non-hydrogen) atoms. The fraction of sp³-hybridized carbons (Fsp3) is 0.391. The summed E-state index contributed by atoms with van der Waals surface area (Å²) in [4.78, 5) is 3.43. The molecule has 0 radical (unpaired) electrons. The predicted octanol–water partition coefficient (Wildman–Crippen LogP) is 8.04. The van der Waals surface area contributed by atoms with Crippen LogP contribution in [0.15, 0.2) is 45.5 Å².